The highest BCUT2D eigenvalue weighted by atomic mass is 16.5. The van der Waals surface area contributed by atoms with Crippen molar-refractivity contribution in [3.05, 3.63) is 17.5 Å². The maximum atomic E-state index is 5.54. The van der Waals surface area contributed by atoms with Crippen LogP contribution in [0.25, 0.3) is 0 Å². The van der Waals surface area contributed by atoms with E-state index in [4.69, 9.17) is 4.74 Å². The summed E-state index contributed by atoms with van der Waals surface area (Å²) in [4.78, 5) is 0. The second kappa shape index (κ2) is 7.54. The molecule has 0 aliphatic heterocycles. The molecule has 0 aliphatic rings. The predicted molar refractivity (Wildman–Crippen MR) is 74.9 cm³/mol. The number of nitrogens with one attached hydrogen (secondary N) is 1. The molecular formula is C14H27N3O. The lowest BCUT2D eigenvalue weighted by atomic mass is 10.0. The summed E-state index contributed by atoms with van der Waals surface area (Å²) < 4.78 is 7.64. The summed E-state index contributed by atoms with van der Waals surface area (Å²) in [7, 11) is 3.78. The molecule has 1 heterocycles. The summed E-state index contributed by atoms with van der Waals surface area (Å²) in [6.07, 6.45) is 3.22. The molecule has 1 aromatic heterocycles. The van der Waals surface area contributed by atoms with Crippen molar-refractivity contribution >= 4 is 0 Å². The van der Waals surface area contributed by atoms with Gasteiger partial charge in [-0.25, -0.2) is 0 Å². The number of rotatable bonds is 8. The quantitative estimate of drug-likeness (QED) is 0.770. The van der Waals surface area contributed by atoms with Crippen molar-refractivity contribution in [3.63, 3.8) is 0 Å². The standard InChI is InChI=1S/C14H27N3O/c1-6-11-9-12(17(8-3)16-11)10-13(15-4)14(7-2)18-5/h9,13-15H,6-8,10H2,1-5H3. The van der Waals surface area contributed by atoms with E-state index in [2.05, 4.69) is 41.9 Å². The molecule has 18 heavy (non-hydrogen) atoms. The lowest BCUT2D eigenvalue weighted by Crippen LogP contribution is -2.40. The smallest absolute Gasteiger partial charge is 0.0725 e. The zero-order valence-corrected chi connectivity index (χ0v) is 12.4. The van der Waals surface area contributed by atoms with E-state index in [-0.39, 0.29) is 6.10 Å². The first-order valence-corrected chi connectivity index (χ1v) is 6.95. The Balaban J connectivity index is 2.83. The van der Waals surface area contributed by atoms with Crippen LogP contribution >= 0.6 is 0 Å². The molecule has 0 saturated heterocycles. The number of aryl methyl sites for hydroxylation is 2. The molecule has 1 N–H and O–H groups in total. The molecule has 2 unspecified atom stereocenters. The maximum Gasteiger partial charge on any atom is 0.0725 e. The second-order valence-electron chi connectivity index (χ2n) is 4.58. The highest BCUT2D eigenvalue weighted by molar-refractivity contribution is 5.12. The Hall–Kier alpha value is -0.870. The third kappa shape index (κ3) is 3.56. The molecule has 0 spiro atoms. The van der Waals surface area contributed by atoms with Gasteiger partial charge in [-0.1, -0.05) is 13.8 Å². The Kier molecular flexibility index (Phi) is 6.36. The van der Waals surface area contributed by atoms with Crippen LogP contribution in [0.4, 0.5) is 0 Å². The average Bonchev–Trinajstić information content (AvgIpc) is 2.81. The van der Waals surface area contributed by atoms with E-state index in [1.54, 1.807) is 7.11 Å². The largest absolute Gasteiger partial charge is 0.380 e. The van der Waals surface area contributed by atoms with Crippen LogP contribution < -0.4 is 5.32 Å². The third-order valence-electron chi connectivity index (χ3n) is 3.53. The minimum atomic E-state index is 0.250. The fraction of sp³-hybridized carbons (Fsp3) is 0.786. The number of hydrogen-bond acceptors (Lipinski definition) is 3. The monoisotopic (exact) mass is 253 g/mol. The van der Waals surface area contributed by atoms with E-state index in [1.165, 1.54) is 11.4 Å². The summed E-state index contributed by atoms with van der Waals surface area (Å²) in [6, 6.07) is 2.56. The van der Waals surface area contributed by atoms with Gasteiger partial charge in [-0.2, -0.15) is 5.10 Å². The Bertz CT molecular complexity index is 345. The molecule has 0 radical (unpaired) electrons. The summed E-state index contributed by atoms with van der Waals surface area (Å²) >= 11 is 0. The number of nitrogens with zero attached hydrogens (tertiary/aromatic N) is 2. The van der Waals surface area contributed by atoms with E-state index in [9.17, 15) is 0 Å². The van der Waals surface area contributed by atoms with Gasteiger partial charge in [0.25, 0.3) is 0 Å². The van der Waals surface area contributed by atoms with Crippen molar-refractivity contribution in [1.29, 1.82) is 0 Å². The van der Waals surface area contributed by atoms with Crippen LogP contribution in [0.1, 0.15) is 38.6 Å². The molecule has 2 atom stereocenters. The molecule has 0 saturated carbocycles. The highest BCUT2D eigenvalue weighted by Gasteiger charge is 2.20. The van der Waals surface area contributed by atoms with Crippen molar-refractivity contribution < 1.29 is 4.74 Å². The normalized spacial score (nSPS) is 14.7. The molecule has 104 valence electrons. The number of hydrogen-bond donors (Lipinski definition) is 1. The Labute approximate surface area is 111 Å². The first kappa shape index (κ1) is 15.2. The molecule has 0 aromatic carbocycles. The van der Waals surface area contributed by atoms with Gasteiger partial charge in [-0.15, -0.1) is 0 Å². The summed E-state index contributed by atoms with van der Waals surface area (Å²) in [5.74, 6) is 0. The molecule has 1 aromatic rings. The van der Waals surface area contributed by atoms with Gasteiger partial charge in [-0.05, 0) is 32.9 Å². The van der Waals surface area contributed by atoms with Crippen LogP contribution in [-0.2, 0) is 24.1 Å². The number of likely N-dealkylation sites (N-methyl/N-ethyl adjacent to an activating group) is 1. The molecule has 4 nitrogen and oxygen atoms in total. The molecule has 0 bridgehead atoms. The van der Waals surface area contributed by atoms with Crippen LogP contribution in [0.2, 0.25) is 0 Å². The second-order valence-corrected chi connectivity index (χ2v) is 4.58. The molecule has 0 amide bonds. The van der Waals surface area contributed by atoms with E-state index in [0.717, 1.165) is 25.8 Å². The van der Waals surface area contributed by atoms with Crippen molar-refractivity contribution in [2.45, 2.75) is 58.7 Å². The van der Waals surface area contributed by atoms with Crippen LogP contribution in [0.3, 0.4) is 0 Å². The molecular weight excluding hydrogens is 226 g/mol. The molecule has 0 fully saturated rings. The molecule has 1 rings (SSSR count). The van der Waals surface area contributed by atoms with Gasteiger partial charge in [0.2, 0.25) is 0 Å². The SMILES string of the molecule is CCc1cc(CC(NC)C(CC)OC)n(CC)n1. The minimum absolute atomic E-state index is 0.250. The first-order valence-electron chi connectivity index (χ1n) is 6.95. The van der Waals surface area contributed by atoms with Crippen LogP contribution in [0, 0.1) is 0 Å². The van der Waals surface area contributed by atoms with Gasteiger partial charge in [0.15, 0.2) is 0 Å². The highest BCUT2D eigenvalue weighted by Crippen LogP contribution is 2.13. The van der Waals surface area contributed by atoms with E-state index < -0.39 is 0 Å². The topological polar surface area (TPSA) is 39.1 Å². The van der Waals surface area contributed by atoms with Gasteiger partial charge >= 0.3 is 0 Å². The van der Waals surface area contributed by atoms with Crippen LogP contribution in [0.15, 0.2) is 6.07 Å². The van der Waals surface area contributed by atoms with Crippen molar-refractivity contribution in [2.24, 2.45) is 0 Å². The first-order chi connectivity index (χ1) is 8.69. The maximum absolute atomic E-state index is 5.54. The summed E-state index contributed by atoms with van der Waals surface area (Å²) in [5.41, 5.74) is 2.47. The number of ether oxygens (including phenoxy) is 1. The Morgan fingerprint density at radius 2 is 2.11 bits per heavy atom. The van der Waals surface area contributed by atoms with Crippen LogP contribution in [0.5, 0.6) is 0 Å². The molecule has 0 aliphatic carbocycles. The zero-order chi connectivity index (χ0) is 13.5. The Morgan fingerprint density at radius 3 is 2.56 bits per heavy atom. The minimum Gasteiger partial charge on any atom is -0.380 e. The average molecular weight is 253 g/mol. The van der Waals surface area contributed by atoms with Crippen LogP contribution in [-0.4, -0.2) is 36.1 Å². The lowest BCUT2D eigenvalue weighted by Gasteiger charge is -2.24. The van der Waals surface area contributed by atoms with Crippen molar-refractivity contribution in [2.75, 3.05) is 14.2 Å². The summed E-state index contributed by atoms with van der Waals surface area (Å²) in [5, 5.41) is 7.96. The predicted octanol–water partition coefficient (Wildman–Crippen LogP) is 2.02. The third-order valence-corrected chi connectivity index (χ3v) is 3.53. The lowest BCUT2D eigenvalue weighted by molar-refractivity contribution is 0.0672. The van der Waals surface area contributed by atoms with Gasteiger partial charge in [0.1, 0.15) is 0 Å². The van der Waals surface area contributed by atoms with E-state index >= 15 is 0 Å². The van der Waals surface area contributed by atoms with Gasteiger partial charge in [0.05, 0.1) is 11.8 Å². The Morgan fingerprint density at radius 1 is 1.39 bits per heavy atom. The van der Waals surface area contributed by atoms with E-state index in [0.29, 0.717) is 6.04 Å². The molecule has 4 heteroatoms. The zero-order valence-electron chi connectivity index (χ0n) is 12.4. The van der Waals surface area contributed by atoms with Gasteiger partial charge in [-0.3, -0.25) is 4.68 Å². The van der Waals surface area contributed by atoms with Gasteiger partial charge in [0, 0.05) is 31.8 Å². The van der Waals surface area contributed by atoms with Gasteiger partial charge < -0.3 is 10.1 Å². The summed E-state index contributed by atoms with van der Waals surface area (Å²) in [6.45, 7) is 7.37. The fourth-order valence-electron chi connectivity index (χ4n) is 2.39. The van der Waals surface area contributed by atoms with E-state index in [1.807, 2.05) is 7.05 Å². The van der Waals surface area contributed by atoms with Crippen molar-refractivity contribution in [1.82, 2.24) is 15.1 Å². The fourth-order valence-corrected chi connectivity index (χ4v) is 2.39. The number of methoxy groups -OCH3 is 1. The van der Waals surface area contributed by atoms with Crippen molar-refractivity contribution in [3.8, 4) is 0 Å². The number of aromatic nitrogens is 2.